The first-order valence-electron chi connectivity index (χ1n) is 15.7. The molecule has 0 aliphatic carbocycles. The van der Waals surface area contributed by atoms with Gasteiger partial charge in [-0.05, 0) is 47.4 Å². The van der Waals surface area contributed by atoms with E-state index in [4.69, 9.17) is 24.2 Å². The molecule has 1 unspecified atom stereocenters. The Morgan fingerprint density at radius 3 is 2.19 bits per heavy atom. The van der Waals surface area contributed by atoms with Gasteiger partial charge in [-0.25, -0.2) is 24.8 Å². The molecule has 244 valence electrons. The van der Waals surface area contributed by atoms with E-state index in [9.17, 15) is 5.11 Å². The minimum absolute atomic E-state index is 0.226. The Bertz CT molecular complexity index is 1720. The van der Waals surface area contributed by atoms with Crippen LogP contribution >= 0.6 is 0 Å². The number of aliphatic hydroxyl groups is 1. The number of aliphatic hydroxyl groups excluding tert-OH is 1. The van der Waals surface area contributed by atoms with Crippen LogP contribution in [0.4, 0.5) is 0 Å². The molecule has 0 bridgehead atoms. The second kappa shape index (κ2) is 14.5. The average molecular weight is 637 g/mol. The number of ether oxygens (including phenoxy) is 3. The lowest BCUT2D eigenvalue weighted by Gasteiger charge is -2.44. The highest BCUT2D eigenvalue weighted by Crippen LogP contribution is 2.43. The third-order valence-corrected chi connectivity index (χ3v) is 8.23. The van der Waals surface area contributed by atoms with E-state index in [0.717, 1.165) is 46.6 Å². The fourth-order valence-corrected chi connectivity index (χ4v) is 5.80. The van der Waals surface area contributed by atoms with E-state index in [-0.39, 0.29) is 6.61 Å². The highest BCUT2D eigenvalue weighted by molar-refractivity contribution is 5.84. The van der Waals surface area contributed by atoms with Crippen molar-refractivity contribution in [2.24, 2.45) is 4.99 Å². The molecule has 1 atom stereocenters. The van der Waals surface area contributed by atoms with Gasteiger partial charge in [-0.15, -0.1) is 0 Å². The average Bonchev–Trinajstić information content (AvgIpc) is 3.79. The van der Waals surface area contributed by atoms with Crippen molar-refractivity contribution >= 4 is 6.02 Å². The van der Waals surface area contributed by atoms with Crippen molar-refractivity contribution in [2.75, 3.05) is 26.3 Å². The quantitative estimate of drug-likeness (QED) is 0.168. The zero-order valence-corrected chi connectivity index (χ0v) is 26.9. The second-order valence-corrected chi connectivity index (χ2v) is 11.3. The monoisotopic (exact) mass is 636 g/mol. The number of hydrogen-bond acceptors (Lipinski definition) is 10. The van der Waals surface area contributed by atoms with Gasteiger partial charge in [0.1, 0.15) is 24.2 Å². The molecule has 0 fully saturated rings. The van der Waals surface area contributed by atoms with Crippen LogP contribution in [0, 0.1) is 0 Å². The first-order chi connectivity index (χ1) is 23.1. The molecule has 1 aliphatic rings. The van der Waals surface area contributed by atoms with Gasteiger partial charge in [0.2, 0.25) is 5.66 Å². The molecule has 12 nitrogen and oxygen atoms in total. The first-order valence-corrected chi connectivity index (χ1v) is 15.7. The zero-order chi connectivity index (χ0) is 32.6. The molecule has 0 saturated heterocycles. The molecule has 47 heavy (non-hydrogen) atoms. The lowest BCUT2D eigenvalue weighted by molar-refractivity contribution is 0.0911. The Hall–Kier alpha value is -5.20. The SMILES string of the molecule is CCCCOC1=NC(c2ccccc2Cn2cncn2)(N(Cc2ccc(OC)cc2)Cc2ccc(OC)cc2)c2ncc(CO)n2N1. The predicted molar refractivity (Wildman–Crippen MR) is 177 cm³/mol. The Morgan fingerprint density at radius 2 is 1.60 bits per heavy atom. The van der Waals surface area contributed by atoms with E-state index in [2.05, 4.69) is 63.7 Å². The van der Waals surface area contributed by atoms with Gasteiger partial charge in [-0.2, -0.15) is 10.1 Å². The third-order valence-electron chi connectivity index (χ3n) is 8.23. The Balaban J connectivity index is 1.60. The maximum absolute atomic E-state index is 10.4. The van der Waals surface area contributed by atoms with Gasteiger partial charge >= 0.3 is 6.02 Å². The molecule has 0 amide bonds. The first kappa shape index (κ1) is 31.8. The fraction of sp³-hybridized carbons (Fsp3) is 0.314. The highest BCUT2D eigenvalue weighted by Gasteiger charge is 2.49. The smallest absolute Gasteiger partial charge is 0.307 e. The third kappa shape index (κ3) is 6.69. The number of amidine groups is 1. The van der Waals surface area contributed by atoms with Crippen LogP contribution in [0.3, 0.4) is 0 Å². The van der Waals surface area contributed by atoms with Crippen molar-refractivity contribution in [2.45, 2.75) is 51.7 Å². The van der Waals surface area contributed by atoms with E-state index >= 15 is 0 Å². The van der Waals surface area contributed by atoms with Gasteiger partial charge in [-0.1, -0.05) is 61.9 Å². The number of rotatable bonds is 14. The number of fused-ring (bicyclic) bond motifs is 1. The fourth-order valence-electron chi connectivity index (χ4n) is 5.80. The standard InChI is InChI=1S/C35H40N8O4/c1-4-5-18-47-34-39-35(33-37-19-29(23-44)43(33)40-34,32-9-7-6-8-28(32)22-42-25-36-24-38-42)41(20-26-10-14-30(45-2)15-11-26)21-27-12-16-31(46-3)17-13-27/h6-17,19,24-25,44H,4-5,18,20-23H2,1-3H3,(H,39,40). The lowest BCUT2D eigenvalue weighted by Crippen LogP contribution is -2.53. The minimum atomic E-state index is -1.21. The second-order valence-electron chi connectivity index (χ2n) is 11.3. The topological polar surface area (TPSA) is 124 Å². The summed E-state index contributed by atoms with van der Waals surface area (Å²) in [4.78, 5) is 16.9. The van der Waals surface area contributed by atoms with Gasteiger partial charge in [0.15, 0.2) is 5.82 Å². The lowest BCUT2D eigenvalue weighted by atomic mass is 9.90. The number of aliphatic imine (C=N–C) groups is 1. The van der Waals surface area contributed by atoms with Crippen LogP contribution in [0.2, 0.25) is 0 Å². The molecule has 3 heterocycles. The van der Waals surface area contributed by atoms with Gasteiger partial charge in [-0.3, -0.25) is 4.90 Å². The minimum Gasteiger partial charge on any atom is -0.497 e. The largest absolute Gasteiger partial charge is 0.497 e. The van der Waals surface area contributed by atoms with E-state index in [0.29, 0.717) is 43.8 Å². The number of nitrogens with zero attached hydrogens (tertiary/aromatic N) is 7. The van der Waals surface area contributed by atoms with Crippen LogP contribution in [-0.4, -0.2) is 61.3 Å². The van der Waals surface area contributed by atoms with Crippen LogP contribution < -0.4 is 14.9 Å². The molecule has 0 saturated carbocycles. The molecular weight excluding hydrogens is 596 g/mol. The normalized spacial score (nSPS) is 15.6. The number of benzene rings is 3. The summed E-state index contributed by atoms with van der Waals surface area (Å²) >= 11 is 0. The Kier molecular flexibility index (Phi) is 9.79. The number of imidazole rings is 1. The number of unbranched alkanes of at least 4 members (excludes halogenated alkanes) is 1. The van der Waals surface area contributed by atoms with Crippen LogP contribution in [0.5, 0.6) is 11.5 Å². The molecule has 2 N–H and O–H groups in total. The van der Waals surface area contributed by atoms with Crippen LogP contribution in [0.15, 0.2) is 96.6 Å². The molecule has 0 spiro atoms. The predicted octanol–water partition coefficient (Wildman–Crippen LogP) is 4.67. The van der Waals surface area contributed by atoms with Crippen molar-refractivity contribution in [1.82, 2.24) is 29.3 Å². The summed E-state index contributed by atoms with van der Waals surface area (Å²) in [6, 6.07) is 24.6. The number of nitrogens with one attached hydrogen (secondary N) is 1. The summed E-state index contributed by atoms with van der Waals surface area (Å²) in [6.45, 7) is 3.80. The van der Waals surface area contributed by atoms with E-state index in [1.165, 1.54) is 6.33 Å². The van der Waals surface area contributed by atoms with Gasteiger partial charge in [0.05, 0.1) is 45.9 Å². The van der Waals surface area contributed by atoms with Gasteiger partial charge in [0.25, 0.3) is 0 Å². The summed E-state index contributed by atoms with van der Waals surface area (Å²) in [7, 11) is 3.32. The van der Waals surface area contributed by atoms with Crippen molar-refractivity contribution in [1.29, 1.82) is 0 Å². The van der Waals surface area contributed by atoms with Crippen LogP contribution in [0.1, 0.15) is 53.5 Å². The summed E-state index contributed by atoms with van der Waals surface area (Å²) in [5.74, 6) is 2.15. The highest BCUT2D eigenvalue weighted by atomic mass is 16.5. The molecule has 12 heteroatoms. The summed E-state index contributed by atoms with van der Waals surface area (Å²) in [6.07, 6.45) is 6.74. The van der Waals surface area contributed by atoms with E-state index < -0.39 is 5.66 Å². The number of methoxy groups -OCH3 is 2. The van der Waals surface area contributed by atoms with E-state index in [1.54, 1.807) is 36.1 Å². The van der Waals surface area contributed by atoms with Gasteiger partial charge < -0.3 is 19.3 Å². The maximum atomic E-state index is 10.4. The van der Waals surface area contributed by atoms with E-state index in [1.807, 2.05) is 36.4 Å². The van der Waals surface area contributed by atoms with Gasteiger partial charge in [0, 0.05) is 18.7 Å². The number of hydrogen-bond donors (Lipinski definition) is 2. The summed E-state index contributed by atoms with van der Waals surface area (Å²) in [5.41, 5.74) is 6.64. The number of aromatic nitrogens is 5. The van der Waals surface area contributed by atoms with Crippen molar-refractivity contribution in [3.63, 3.8) is 0 Å². The Labute approximate surface area is 274 Å². The van der Waals surface area contributed by atoms with Crippen molar-refractivity contribution < 1.29 is 19.3 Å². The molecule has 3 aromatic carbocycles. The van der Waals surface area contributed by atoms with Crippen molar-refractivity contribution in [3.8, 4) is 11.5 Å². The summed E-state index contributed by atoms with van der Waals surface area (Å²) < 4.78 is 20.8. The van der Waals surface area contributed by atoms with Crippen molar-refractivity contribution in [3.05, 3.63) is 125 Å². The molecule has 1 aliphatic heterocycles. The summed E-state index contributed by atoms with van der Waals surface area (Å²) in [5, 5.41) is 14.8. The van der Waals surface area contributed by atoms with Crippen LogP contribution in [0.25, 0.3) is 0 Å². The molecule has 6 rings (SSSR count). The maximum Gasteiger partial charge on any atom is 0.307 e. The van der Waals surface area contributed by atoms with Crippen LogP contribution in [-0.2, 0) is 36.6 Å². The zero-order valence-electron chi connectivity index (χ0n) is 26.9. The molecule has 2 aromatic heterocycles. The molecular formula is C35H40N8O4. The molecule has 0 radical (unpaired) electrons. The molecule has 5 aromatic rings. The Morgan fingerprint density at radius 1 is 0.915 bits per heavy atom.